The highest BCUT2D eigenvalue weighted by molar-refractivity contribution is 7.72. The Morgan fingerprint density at radius 3 is 1.74 bits per heavy atom. The fourth-order valence-electron chi connectivity index (χ4n) is 3.39. The molecule has 1 saturated heterocycles. The molecular formula is C15H32N4O22P6. The van der Waals surface area contributed by atoms with Crippen LogP contribution < -0.4 is 17.2 Å². The molecule has 2 rings (SSSR count). The molecule has 2 heterocycles. The standard InChI is InChI=1S/C15H32N4O22P6/c16-6-3-1-2-4-8-34-42(22,23)37-44(26,27)39-46(30,31)41-47(32,33)40-45(28,29)38-43(24,25)35-10-12-11(20)9-14(36-12)19-7-5-13(17)18-15(19)21/h5,7,11-12,14,20H,1-4,6,8-10,16H2,(H,22,23)(H,24,25)(H,26,27)(H,28,29)(H,30,31)(H,32,33)(H2,17,18,21)/t11?,12-,14-/m1/s1. The average Bonchev–Trinajstić information content (AvgIpc) is 3.21. The molecule has 0 bridgehead atoms. The van der Waals surface area contributed by atoms with Crippen LogP contribution in [0.2, 0.25) is 0 Å². The molecule has 47 heavy (non-hydrogen) atoms. The van der Waals surface area contributed by atoms with Crippen molar-refractivity contribution in [1.82, 2.24) is 9.55 Å². The Bertz CT molecular complexity index is 1570. The SMILES string of the molecule is NCCCCCCOP(=O)(O)OP(=O)(O)OP(=O)(O)OP(=O)(O)OP(=O)(O)OP(=O)(O)OC[C@H]1O[C@@H](n2ccc(N)nc2=O)CC1O. The van der Waals surface area contributed by atoms with Crippen molar-refractivity contribution in [3.8, 4) is 0 Å². The predicted molar refractivity (Wildman–Crippen MR) is 151 cm³/mol. The number of unbranched alkanes of at least 4 members (excludes halogenated alkanes) is 3. The fourth-order valence-corrected chi connectivity index (χ4v) is 11.2. The second-order valence-electron chi connectivity index (χ2n) is 9.03. The smallest absolute Gasteiger partial charge is 0.390 e. The maximum Gasteiger partial charge on any atom is 0.490 e. The minimum atomic E-state index is -6.43. The third kappa shape index (κ3) is 15.9. The van der Waals surface area contributed by atoms with Crippen LogP contribution in [-0.4, -0.2) is 76.0 Å². The van der Waals surface area contributed by atoms with Crippen LogP contribution in [0.4, 0.5) is 5.82 Å². The summed E-state index contributed by atoms with van der Waals surface area (Å²) in [6, 6.07) is 1.23. The van der Waals surface area contributed by atoms with E-state index in [1.165, 1.54) is 12.3 Å². The van der Waals surface area contributed by atoms with E-state index in [9.17, 15) is 66.7 Å². The Morgan fingerprint density at radius 2 is 1.26 bits per heavy atom. The van der Waals surface area contributed by atoms with Gasteiger partial charge >= 0.3 is 52.6 Å². The van der Waals surface area contributed by atoms with Crippen LogP contribution >= 0.6 is 46.9 Å². The second-order valence-corrected chi connectivity index (χ2v) is 18.4. The summed E-state index contributed by atoms with van der Waals surface area (Å²) in [5.74, 6) is -0.118. The first kappa shape index (κ1) is 42.6. The predicted octanol–water partition coefficient (Wildman–Crippen LogP) is 0.712. The topological polar surface area (TPSA) is 405 Å². The fraction of sp³-hybridized carbons (Fsp3) is 0.733. The Balaban J connectivity index is 1.92. The minimum Gasteiger partial charge on any atom is -0.390 e. The molecule has 0 aromatic carbocycles. The van der Waals surface area contributed by atoms with E-state index in [-0.39, 0.29) is 18.7 Å². The minimum absolute atomic E-state index is 0.118. The number of hydrogen-bond acceptors (Lipinski definition) is 19. The summed E-state index contributed by atoms with van der Waals surface area (Å²) in [5.41, 5.74) is 9.81. The molecule has 1 aliphatic heterocycles. The van der Waals surface area contributed by atoms with Crippen molar-refractivity contribution < 1.29 is 97.2 Å². The summed E-state index contributed by atoms with van der Waals surface area (Å²) >= 11 is 0. The van der Waals surface area contributed by atoms with Gasteiger partial charge in [-0.3, -0.25) is 13.6 Å². The van der Waals surface area contributed by atoms with Gasteiger partial charge in [0, 0.05) is 12.6 Å². The molecule has 1 aliphatic rings. The van der Waals surface area contributed by atoms with Crippen LogP contribution in [0, 0.1) is 0 Å². The third-order valence-corrected chi connectivity index (χ3v) is 14.4. The van der Waals surface area contributed by atoms with E-state index in [2.05, 4.69) is 35.6 Å². The Labute approximate surface area is 264 Å². The lowest BCUT2D eigenvalue weighted by atomic mass is 10.2. The summed E-state index contributed by atoms with van der Waals surface area (Å²) in [4.78, 5) is 72.9. The number of ether oxygens (including phenoxy) is 1. The van der Waals surface area contributed by atoms with Crippen molar-refractivity contribution >= 4 is 52.8 Å². The first-order chi connectivity index (χ1) is 21.4. The molecule has 1 aromatic heterocycles. The Morgan fingerprint density at radius 1 is 0.787 bits per heavy atom. The molecular weight excluding hydrogens is 774 g/mol. The van der Waals surface area contributed by atoms with Gasteiger partial charge in [0.1, 0.15) is 18.1 Å². The lowest BCUT2D eigenvalue weighted by Gasteiger charge is -2.21. The zero-order valence-electron chi connectivity index (χ0n) is 23.5. The molecule has 274 valence electrons. The number of aromatic nitrogens is 2. The maximum absolute atomic E-state index is 12.2. The van der Waals surface area contributed by atoms with Gasteiger partial charge in [-0.2, -0.15) is 26.5 Å². The van der Waals surface area contributed by atoms with Gasteiger partial charge in [-0.1, -0.05) is 12.8 Å². The van der Waals surface area contributed by atoms with E-state index < -0.39 is 84.3 Å². The van der Waals surface area contributed by atoms with E-state index in [1.807, 2.05) is 0 Å². The van der Waals surface area contributed by atoms with Crippen LogP contribution in [0.5, 0.6) is 0 Å². The summed E-state index contributed by atoms with van der Waals surface area (Å²) in [7, 11) is -36.4. The molecule has 0 saturated carbocycles. The van der Waals surface area contributed by atoms with E-state index >= 15 is 0 Å². The molecule has 26 nitrogen and oxygen atoms in total. The van der Waals surface area contributed by atoms with Crippen LogP contribution in [0.1, 0.15) is 38.3 Å². The molecule has 32 heteroatoms. The second kappa shape index (κ2) is 17.1. The van der Waals surface area contributed by atoms with E-state index in [1.54, 1.807) is 0 Å². The van der Waals surface area contributed by atoms with Gasteiger partial charge in [0.25, 0.3) is 0 Å². The number of aliphatic hydroxyl groups is 1. The van der Waals surface area contributed by atoms with Crippen LogP contribution in [-0.2, 0) is 62.7 Å². The molecule has 1 fully saturated rings. The summed E-state index contributed by atoms with van der Waals surface area (Å²) in [6.07, 6.45) is -1.27. The highest BCUT2D eigenvalue weighted by atomic mass is 31.3. The van der Waals surface area contributed by atoms with Gasteiger partial charge < -0.3 is 50.7 Å². The van der Waals surface area contributed by atoms with E-state index in [0.29, 0.717) is 25.8 Å². The van der Waals surface area contributed by atoms with Crippen molar-refractivity contribution in [2.24, 2.45) is 5.73 Å². The number of nitrogens with two attached hydrogens (primary N) is 2. The number of nitrogen functional groups attached to an aromatic ring is 1. The van der Waals surface area contributed by atoms with Crippen LogP contribution in [0.3, 0.4) is 0 Å². The van der Waals surface area contributed by atoms with Gasteiger partial charge in [0.2, 0.25) is 0 Å². The molecule has 7 unspecified atom stereocenters. The summed E-state index contributed by atoms with van der Waals surface area (Å²) < 4.78 is 105. The number of anilines is 1. The number of rotatable bonds is 21. The average molecular weight is 806 g/mol. The summed E-state index contributed by atoms with van der Waals surface area (Å²) in [5, 5.41) is 10.1. The monoisotopic (exact) mass is 806 g/mol. The van der Waals surface area contributed by atoms with E-state index in [0.717, 1.165) is 4.57 Å². The highest BCUT2D eigenvalue weighted by Crippen LogP contribution is 2.75. The number of phosphoric ester groups is 2. The van der Waals surface area contributed by atoms with Gasteiger partial charge in [-0.05, 0) is 25.5 Å². The third-order valence-electron chi connectivity index (χ3n) is 5.15. The van der Waals surface area contributed by atoms with Crippen LogP contribution in [0.15, 0.2) is 17.1 Å². The number of phosphoric acid groups is 6. The van der Waals surface area contributed by atoms with Crippen molar-refractivity contribution in [2.75, 3.05) is 25.5 Å². The highest BCUT2D eigenvalue weighted by Gasteiger charge is 2.50. The molecule has 1 aromatic rings. The molecule has 0 radical (unpaired) electrons. The lowest BCUT2D eigenvalue weighted by Crippen LogP contribution is -2.28. The normalized spacial score (nSPS) is 26.3. The van der Waals surface area contributed by atoms with Gasteiger partial charge in [-0.15, -0.1) is 0 Å². The van der Waals surface area contributed by atoms with Gasteiger partial charge in [0.15, 0.2) is 0 Å². The quantitative estimate of drug-likeness (QED) is 0.0610. The van der Waals surface area contributed by atoms with Crippen molar-refractivity contribution in [3.63, 3.8) is 0 Å². The zero-order chi connectivity index (χ0) is 35.9. The molecule has 0 spiro atoms. The molecule has 9 atom stereocenters. The Kier molecular flexibility index (Phi) is 15.5. The molecule has 0 aliphatic carbocycles. The maximum atomic E-state index is 12.2. The first-order valence-corrected chi connectivity index (χ1v) is 21.5. The van der Waals surface area contributed by atoms with Crippen molar-refractivity contribution in [2.45, 2.75) is 50.5 Å². The zero-order valence-corrected chi connectivity index (χ0v) is 28.9. The first-order valence-electron chi connectivity index (χ1n) is 12.6. The number of nitrogens with zero attached hydrogens (tertiary/aromatic N) is 2. The van der Waals surface area contributed by atoms with Crippen LogP contribution in [0.25, 0.3) is 0 Å². The van der Waals surface area contributed by atoms with Gasteiger partial charge in [0.05, 0.1) is 19.3 Å². The van der Waals surface area contributed by atoms with Crippen molar-refractivity contribution in [3.05, 3.63) is 22.7 Å². The summed E-state index contributed by atoms with van der Waals surface area (Å²) in [6.45, 7) is -1.16. The molecule has 11 N–H and O–H groups in total. The Hall–Kier alpha value is -0.580. The number of hydrogen-bond donors (Lipinski definition) is 9. The largest absolute Gasteiger partial charge is 0.490 e. The molecule has 0 amide bonds. The van der Waals surface area contributed by atoms with E-state index in [4.69, 9.17) is 16.2 Å². The van der Waals surface area contributed by atoms with Crippen molar-refractivity contribution in [1.29, 1.82) is 0 Å². The van der Waals surface area contributed by atoms with Gasteiger partial charge in [-0.25, -0.2) is 32.2 Å². The number of aliphatic hydroxyl groups excluding tert-OH is 1. The lowest BCUT2D eigenvalue weighted by molar-refractivity contribution is -0.0449.